The molecule has 0 unspecified atom stereocenters. The molecule has 11 heavy (non-hydrogen) atoms. The summed E-state index contributed by atoms with van der Waals surface area (Å²) < 4.78 is 0. The van der Waals surface area contributed by atoms with Gasteiger partial charge in [-0.1, -0.05) is 19.1 Å². The molecule has 1 aliphatic rings. The molecule has 60 valence electrons. The minimum absolute atomic E-state index is 1.15. The first-order chi connectivity index (χ1) is 5.20. The summed E-state index contributed by atoms with van der Waals surface area (Å²) in [6, 6.07) is 0. The fourth-order valence-corrected chi connectivity index (χ4v) is 1.81. The van der Waals surface area contributed by atoms with Crippen molar-refractivity contribution in [3.63, 3.8) is 0 Å². The van der Waals surface area contributed by atoms with Crippen LogP contribution in [-0.2, 0) is 0 Å². The highest BCUT2D eigenvalue weighted by Gasteiger charge is 2.12. The molecule has 0 radical (unpaired) electrons. The van der Waals surface area contributed by atoms with Crippen molar-refractivity contribution in [1.82, 2.24) is 0 Å². The van der Waals surface area contributed by atoms with Gasteiger partial charge >= 0.3 is 0 Å². The van der Waals surface area contributed by atoms with E-state index < -0.39 is 0 Å². The maximum atomic E-state index is 2.27. The summed E-state index contributed by atoms with van der Waals surface area (Å²) in [5.41, 5.74) is 5.83. The van der Waals surface area contributed by atoms with Crippen LogP contribution in [0.4, 0.5) is 0 Å². The third kappa shape index (κ3) is 1.30. The predicted molar refractivity (Wildman–Crippen MR) is 50.5 cm³/mol. The Kier molecular flexibility index (Phi) is 2.33. The number of hydrogen-bond donors (Lipinski definition) is 0. The Labute approximate surface area is 69.3 Å². The van der Waals surface area contributed by atoms with Crippen LogP contribution in [0.5, 0.6) is 0 Å². The molecule has 0 heterocycles. The van der Waals surface area contributed by atoms with Gasteiger partial charge < -0.3 is 0 Å². The zero-order chi connectivity index (χ0) is 8.43. The molecule has 0 atom stereocenters. The van der Waals surface area contributed by atoms with Crippen molar-refractivity contribution in [3.8, 4) is 0 Å². The van der Waals surface area contributed by atoms with E-state index in [1.807, 2.05) is 0 Å². The van der Waals surface area contributed by atoms with Gasteiger partial charge in [-0.15, -0.1) is 0 Å². The summed E-state index contributed by atoms with van der Waals surface area (Å²) in [6.45, 7) is 8.70. The van der Waals surface area contributed by atoms with Crippen LogP contribution in [0.15, 0.2) is 34.4 Å². The normalized spacial score (nSPS) is 21.5. The first kappa shape index (κ1) is 8.32. The molecule has 1 aliphatic carbocycles. The van der Waals surface area contributed by atoms with Gasteiger partial charge in [-0.05, 0) is 49.5 Å². The minimum atomic E-state index is 1.15. The smallest absolute Gasteiger partial charge is 0.0235 e. The zero-order valence-corrected chi connectivity index (χ0v) is 7.86. The van der Waals surface area contributed by atoms with Gasteiger partial charge in [0.2, 0.25) is 0 Å². The molecule has 0 aromatic rings. The van der Waals surface area contributed by atoms with Crippen LogP contribution in [-0.4, -0.2) is 0 Å². The van der Waals surface area contributed by atoms with Gasteiger partial charge in [0, 0.05) is 0 Å². The number of hydrogen-bond acceptors (Lipinski definition) is 0. The molecule has 0 fully saturated rings. The summed E-state index contributed by atoms with van der Waals surface area (Å²) in [6.07, 6.45) is 5.63. The maximum absolute atomic E-state index is 2.27. The Hall–Kier alpha value is -0.780. The van der Waals surface area contributed by atoms with Gasteiger partial charge in [0.15, 0.2) is 0 Å². The van der Waals surface area contributed by atoms with E-state index in [4.69, 9.17) is 0 Å². The van der Waals surface area contributed by atoms with E-state index in [0.717, 1.165) is 6.42 Å². The lowest BCUT2D eigenvalue weighted by atomic mass is 10.0. The first-order valence-electron chi connectivity index (χ1n) is 4.25. The van der Waals surface area contributed by atoms with Gasteiger partial charge in [0.05, 0.1) is 0 Å². The van der Waals surface area contributed by atoms with Crippen LogP contribution in [0.2, 0.25) is 0 Å². The quantitative estimate of drug-likeness (QED) is 0.532. The predicted octanol–water partition coefficient (Wildman–Crippen LogP) is 3.62. The third-order valence-corrected chi connectivity index (χ3v) is 2.30. The molecule has 0 spiro atoms. The summed E-state index contributed by atoms with van der Waals surface area (Å²) in [4.78, 5) is 0. The average Bonchev–Trinajstić information content (AvgIpc) is 2.24. The van der Waals surface area contributed by atoms with E-state index in [0.29, 0.717) is 0 Å². The molecule has 0 aromatic carbocycles. The Morgan fingerprint density at radius 3 is 2.36 bits per heavy atom. The van der Waals surface area contributed by atoms with Crippen molar-refractivity contribution >= 4 is 0 Å². The standard InChI is InChI=1S/C11H16/c1-5-10-8(3)7-9(4)11(10)6-2/h5,7H,6H2,1-4H3. The maximum Gasteiger partial charge on any atom is -0.0235 e. The van der Waals surface area contributed by atoms with E-state index in [1.54, 1.807) is 0 Å². The minimum Gasteiger partial charge on any atom is -0.0798 e. The lowest BCUT2D eigenvalue weighted by molar-refractivity contribution is 1.10. The van der Waals surface area contributed by atoms with E-state index in [1.165, 1.54) is 22.3 Å². The van der Waals surface area contributed by atoms with E-state index >= 15 is 0 Å². The highest BCUT2D eigenvalue weighted by atomic mass is 14.2. The van der Waals surface area contributed by atoms with Gasteiger partial charge in [-0.25, -0.2) is 0 Å². The van der Waals surface area contributed by atoms with Crippen LogP contribution >= 0.6 is 0 Å². The monoisotopic (exact) mass is 148 g/mol. The molecule has 0 heteroatoms. The highest BCUT2D eigenvalue weighted by molar-refractivity contribution is 5.57. The topological polar surface area (TPSA) is 0 Å². The molecular weight excluding hydrogens is 132 g/mol. The van der Waals surface area contributed by atoms with Crippen LogP contribution in [0, 0.1) is 0 Å². The van der Waals surface area contributed by atoms with Gasteiger partial charge in [-0.3, -0.25) is 0 Å². The Bertz CT molecular complexity index is 249. The van der Waals surface area contributed by atoms with E-state index in [9.17, 15) is 0 Å². The van der Waals surface area contributed by atoms with Crippen molar-refractivity contribution in [1.29, 1.82) is 0 Å². The molecule has 0 aliphatic heterocycles. The number of allylic oxidation sites excluding steroid dienone is 6. The fourth-order valence-electron chi connectivity index (χ4n) is 1.81. The molecule has 0 amide bonds. The summed E-state index contributed by atoms with van der Waals surface area (Å²) in [5, 5.41) is 0. The second-order valence-electron chi connectivity index (χ2n) is 3.04. The second-order valence-corrected chi connectivity index (χ2v) is 3.04. The first-order valence-corrected chi connectivity index (χ1v) is 4.25. The molecule has 0 saturated carbocycles. The van der Waals surface area contributed by atoms with Gasteiger partial charge in [0.25, 0.3) is 0 Å². The largest absolute Gasteiger partial charge is 0.0798 e. The Morgan fingerprint density at radius 2 is 2.00 bits per heavy atom. The van der Waals surface area contributed by atoms with Crippen molar-refractivity contribution < 1.29 is 0 Å². The van der Waals surface area contributed by atoms with E-state index in [2.05, 4.69) is 39.8 Å². The molecule has 0 N–H and O–H groups in total. The van der Waals surface area contributed by atoms with Crippen LogP contribution in [0.1, 0.15) is 34.1 Å². The SMILES string of the molecule is CC=C1C(C)=CC(C)=C1CC. The number of rotatable bonds is 1. The van der Waals surface area contributed by atoms with Gasteiger partial charge in [0.1, 0.15) is 0 Å². The molecule has 0 aromatic heterocycles. The van der Waals surface area contributed by atoms with E-state index in [-0.39, 0.29) is 0 Å². The second kappa shape index (κ2) is 3.08. The molecule has 1 rings (SSSR count). The van der Waals surface area contributed by atoms with Crippen molar-refractivity contribution in [2.75, 3.05) is 0 Å². The van der Waals surface area contributed by atoms with Crippen LogP contribution in [0.25, 0.3) is 0 Å². The lowest BCUT2D eigenvalue weighted by Crippen LogP contribution is -1.85. The van der Waals surface area contributed by atoms with Crippen molar-refractivity contribution in [2.24, 2.45) is 0 Å². The molecular formula is C11H16. The van der Waals surface area contributed by atoms with Crippen LogP contribution < -0.4 is 0 Å². The Morgan fingerprint density at radius 1 is 1.36 bits per heavy atom. The van der Waals surface area contributed by atoms with Crippen molar-refractivity contribution in [3.05, 3.63) is 34.4 Å². The zero-order valence-electron chi connectivity index (χ0n) is 7.86. The van der Waals surface area contributed by atoms with Crippen LogP contribution in [0.3, 0.4) is 0 Å². The highest BCUT2D eigenvalue weighted by Crippen LogP contribution is 2.32. The molecule has 0 bridgehead atoms. The summed E-state index contributed by atoms with van der Waals surface area (Å²) >= 11 is 0. The summed E-state index contributed by atoms with van der Waals surface area (Å²) in [5.74, 6) is 0. The Balaban J connectivity index is 3.06. The summed E-state index contributed by atoms with van der Waals surface area (Å²) in [7, 11) is 0. The fraction of sp³-hybridized carbons (Fsp3) is 0.455. The third-order valence-electron chi connectivity index (χ3n) is 2.30. The molecule has 0 nitrogen and oxygen atoms in total. The molecule has 0 saturated heterocycles. The lowest BCUT2D eigenvalue weighted by Gasteiger charge is -2.04. The average molecular weight is 148 g/mol. The van der Waals surface area contributed by atoms with Crippen molar-refractivity contribution in [2.45, 2.75) is 34.1 Å². The van der Waals surface area contributed by atoms with Gasteiger partial charge in [-0.2, -0.15) is 0 Å².